The Morgan fingerprint density at radius 3 is 2.17 bits per heavy atom. The van der Waals surface area contributed by atoms with Gasteiger partial charge in [0, 0.05) is 24.1 Å². The molecule has 7 N–H and O–H groups in total. The zero-order valence-corrected chi connectivity index (χ0v) is 20.3. The third kappa shape index (κ3) is 7.34. The summed E-state index contributed by atoms with van der Waals surface area (Å²) in [5, 5.41) is 25.4. The van der Waals surface area contributed by atoms with Crippen LogP contribution in [0.25, 0.3) is 0 Å². The maximum atomic E-state index is 12.6. The summed E-state index contributed by atoms with van der Waals surface area (Å²) in [6.07, 6.45) is 2.95. The molecule has 1 aliphatic rings. The molecule has 0 bridgehead atoms. The number of benzene rings is 2. The van der Waals surface area contributed by atoms with E-state index in [1.54, 1.807) is 30.3 Å². The third-order valence-electron chi connectivity index (χ3n) is 5.91. The summed E-state index contributed by atoms with van der Waals surface area (Å²) in [6.45, 7) is 0. The predicted molar refractivity (Wildman–Crippen MR) is 135 cm³/mol. The van der Waals surface area contributed by atoms with Gasteiger partial charge in [-0.15, -0.1) is 0 Å². The molecule has 1 aliphatic carbocycles. The molecule has 0 unspecified atom stereocenters. The minimum Gasteiger partial charge on any atom is -0.480 e. The van der Waals surface area contributed by atoms with Gasteiger partial charge in [-0.1, -0.05) is 41.4 Å². The topological polar surface area (TPSA) is 157 Å². The summed E-state index contributed by atoms with van der Waals surface area (Å²) in [5.41, 5.74) is 6.65. The van der Waals surface area contributed by atoms with Gasteiger partial charge in [-0.3, -0.25) is 15.0 Å². The Labute approximate surface area is 212 Å². The Balaban J connectivity index is 1.56. The molecule has 2 aromatic carbocycles. The van der Waals surface area contributed by atoms with Crippen LogP contribution >= 0.6 is 23.2 Å². The molecule has 1 saturated carbocycles. The summed E-state index contributed by atoms with van der Waals surface area (Å²) in [5.74, 6) is -2.14. The number of carbonyl (C=O) groups is 3. The van der Waals surface area contributed by atoms with Crippen LogP contribution < -0.4 is 21.7 Å². The van der Waals surface area contributed by atoms with Crippen molar-refractivity contribution in [3.05, 3.63) is 63.6 Å². The molecular formula is C24H27Cl2N5O4. The standard InChI is InChI=1S/C24H27Cl2N5O4/c25-17-2-1-3-18(26)20(17)22(33)31-19(23(34)35)12-13-4-8-15(9-5-13)29-21(32)14-6-10-16(11-7-14)30-24(27)28/h1-5,8-9,14,16,19H,6-7,10-12H2,(H,29,32)(H,31,33)(H,34,35)(H4,27,28,30)/t14-,16+,19-/m0/s1. The molecule has 1 fully saturated rings. The van der Waals surface area contributed by atoms with Crippen molar-refractivity contribution >= 4 is 52.6 Å². The number of amides is 2. The Morgan fingerprint density at radius 2 is 1.63 bits per heavy atom. The highest BCUT2D eigenvalue weighted by Gasteiger charge is 2.27. The van der Waals surface area contributed by atoms with Crippen molar-refractivity contribution in [3.63, 3.8) is 0 Å². The molecule has 3 rings (SSSR count). The summed E-state index contributed by atoms with van der Waals surface area (Å²) in [6, 6.07) is 10.3. The number of carboxylic acids is 1. The molecule has 9 nitrogen and oxygen atoms in total. The lowest BCUT2D eigenvalue weighted by atomic mass is 9.85. The molecule has 35 heavy (non-hydrogen) atoms. The first-order valence-electron chi connectivity index (χ1n) is 11.1. The van der Waals surface area contributed by atoms with E-state index in [1.165, 1.54) is 12.1 Å². The van der Waals surface area contributed by atoms with Crippen molar-refractivity contribution in [2.75, 3.05) is 5.32 Å². The smallest absolute Gasteiger partial charge is 0.326 e. The van der Waals surface area contributed by atoms with Crippen LogP contribution in [0.1, 0.15) is 41.6 Å². The second-order valence-electron chi connectivity index (χ2n) is 8.46. The molecule has 0 aromatic heterocycles. The van der Waals surface area contributed by atoms with E-state index in [-0.39, 0.29) is 45.9 Å². The molecule has 0 aliphatic heterocycles. The average Bonchev–Trinajstić information content (AvgIpc) is 2.79. The second-order valence-corrected chi connectivity index (χ2v) is 9.27. The van der Waals surface area contributed by atoms with Gasteiger partial charge < -0.3 is 26.8 Å². The van der Waals surface area contributed by atoms with Gasteiger partial charge in [0.25, 0.3) is 5.91 Å². The average molecular weight is 520 g/mol. The summed E-state index contributed by atoms with van der Waals surface area (Å²) in [4.78, 5) is 36.9. The van der Waals surface area contributed by atoms with Crippen LogP contribution in [-0.4, -0.2) is 40.9 Å². The van der Waals surface area contributed by atoms with Gasteiger partial charge in [-0.25, -0.2) is 4.79 Å². The Hall–Kier alpha value is -3.30. The van der Waals surface area contributed by atoms with Gasteiger partial charge in [0.1, 0.15) is 6.04 Å². The number of guanidine groups is 1. The molecule has 0 radical (unpaired) electrons. The maximum absolute atomic E-state index is 12.6. The number of nitrogens with one attached hydrogen (secondary N) is 4. The van der Waals surface area contributed by atoms with E-state index in [2.05, 4.69) is 16.0 Å². The number of halogens is 2. The lowest BCUT2D eigenvalue weighted by molar-refractivity contribution is -0.139. The van der Waals surface area contributed by atoms with Crippen molar-refractivity contribution in [1.82, 2.24) is 10.6 Å². The van der Waals surface area contributed by atoms with E-state index in [1.807, 2.05) is 0 Å². The van der Waals surface area contributed by atoms with E-state index >= 15 is 0 Å². The molecule has 2 amide bonds. The Kier molecular flexibility index (Phi) is 8.95. The third-order valence-corrected chi connectivity index (χ3v) is 6.54. The van der Waals surface area contributed by atoms with Crippen molar-refractivity contribution in [3.8, 4) is 0 Å². The molecule has 11 heteroatoms. The fourth-order valence-electron chi connectivity index (χ4n) is 4.07. The molecule has 0 spiro atoms. The minimum atomic E-state index is -1.20. The van der Waals surface area contributed by atoms with E-state index in [0.717, 1.165) is 12.8 Å². The Morgan fingerprint density at radius 1 is 1.03 bits per heavy atom. The van der Waals surface area contributed by atoms with E-state index in [4.69, 9.17) is 34.3 Å². The number of hydrogen-bond donors (Lipinski definition) is 6. The lowest BCUT2D eigenvalue weighted by Crippen LogP contribution is -2.42. The fraction of sp³-hybridized carbons (Fsp3) is 0.333. The number of aliphatic carboxylic acids is 1. The number of nitrogens with two attached hydrogens (primary N) is 1. The van der Waals surface area contributed by atoms with Crippen molar-refractivity contribution in [2.24, 2.45) is 11.7 Å². The number of hydrogen-bond acceptors (Lipinski definition) is 4. The predicted octanol–water partition coefficient (Wildman–Crippen LogP) is 3.40. The number of rotatable bonds is 8. The molecule has 0 heterocycles. The number of carboxylic acid groups (broad SMARTS) is 1. The van der Waals surface area contributed by atoms with Crippen LogP contribution in [0, 0.1) is 11.3 Å². The van der Waals surface area contributed by atoms with E-state index in [0.29, 0.717) is 24.1 Å². The highest BCUT2D eigenvalue weighted by Crippen LogP contribution is 2.26. The number of anilines is 1. The van der Waals surface area contributed by atoms with Crippen LogP contribution in [0.2, 0.25) is 10.0 Å². The van der Waals surface area contributed by atoms with E-state index < -0.39 is 17.9 Å². The van der Waals surface area contributed by atoms with Crippen molar-refractivity contribution in [1.29, 1.82) is 5.41 Å². The number of carbonyl (C=O) groups excluding carboxylic acids is 2. The van der Waals surface area contributed by atoms with Gasteiger partial charge in [-0.05, 0) is 55.5 Å². The first-order chi connectivity index (χ1) is 16.6. The molecule has 186 valence electrons. The van der Waals surface area contributed by atoms with E-state index in [9.17, 15) is 19.5 Å². The molecule has 2 aromatic rings. The second kappa shape index (κ2) is 11.9. The van der Waals surface area contributed by atoms with Gasteiger partial charge in [0.2, 0.25) is 5.91 Å². The zero-order chi connectivity index (χ0) is 25.5. The first kappa shape index (κ1) is 26.3. The van der Waals surface area contributed by atoms with Gasteiger partial charge in [0.05, 0.1) is 15.6 Å². The fourth-order valence-corrected chi connectivity index (χ4v) is 4.64. The van der Waals surface area contributed by atoms with Gasteiger partial charge >= 0.3 is 5.97 Å². The van der Waals surface area contributed by atoms with Crippen LogP contribution in [0.5, 0.6) is 0 Å². The monoisotopic (exact) mass is 519 g/mol. The van der Waals surface area contributed by atoms with Crippen molar-refractivity contribution < 1.29 is 19.5 Å². The quantitative estimate of drug-likeness (QED) is 0.231. The van der Waals surface area contributed by atoms with Gasteiger partial charge in [-0.2, -0.15) is 0 Å². The lowest BCUT2D eigenvalue weighted by Gasteiger charge is -2.28. The maximum Gasteiger partial charge on any atom is 0.326 e. The van der Waals surface area contributed by atoms with Gasteiger partial charge in [0.15, 0.2) is 5.96 Å². The minimum absolute atomic E-state index is 0.0197. The van der Waals surface area contributed by atoms with Crippen LogP contribution in [0.3, 0.4) is 0 Å². The summed E-state index contributed by atoms with van der Waals surface area (Å²) >= 11 is 12.1. The van der Waals surface area contributed by atoms with Crippen LogP contribution in [0.4, 0.5) is 5.69 Å². The zero-order valence-electron chi connectivity index (χ0n) is 18.8. The Bertz CT molecular complexity index is 1080. The SMILES string of the molecule is N=C(N)N[C@H]1CC[C@@H](C(=O)Nc2ccc(C[C@H](NC(=O)c3c(Cl)cccc3Cl)C(=O)O)cc2)CC1. The summed E-state index contributed by atoms with van der Waals surface area (Å²) in [7, 11) is 0. The van der Waals surface area contributed by atoms with Crippen LogP contribution in [-0.2, 0) is 16.0 Å². The molecular weight excluding hydrogens is 493 g/mol. The first-order valence-corrected chi connectivity index (χ1v) is 11.9. The normalized spacial score (nSPS) is 18.2. The highest BCUT2D eigenvalue weighted by molar-refractivity contribution is 6.39. The van der Waals surface area contributed by atoms with Crippen molar-refractivity contribution in [2.45, 2.75) is 44.2 Å². The highest BCUT2D eigenvalue weighted by atomic mass is 35.5. The molecule has 0 saturated heterocycles. The summed E-state index contributed by atoms with van der Waals surface area (Å²) < 4.78 is 0. The van der Waals surface area contributed by atoms with Crippen LogP contribution in [0.15, 0.2) is 42.5 Å². The molecule has 1 atom stereocenters. The largest absolute Gasteiger partial charge is 0.480 e.